The lowest BCUT2D eigenvalue weighted by Gasteiger charge is -2.08. The molecule has 6 aromatic rings. The third-order valence-electron chi connectivity index (χ3n) is 5.88. The van der Waals surface area contributed by atoms with Gasteiger partial charge in [-0.3, -0.25) is 19.1 Å². The molecule has 0 saturated carbocycles. The van der Waals surface area contributed by atoms with Crippen molar-refractivity contribution in [1.29, 1.82) is 0 Å². The molecule has 0 spiro atoms. The van der Waals surface area contributed by atoms with Crippen LogP contribution in [0.1, 0.15) is 0 Å². The van der Waals surface area contributed by atoms with Crippen LogP contribution in [0.3, 0.4) is 0 Å². The second-order valence-corrected chi connectivity index (χ2v) is 7.69. The van der Waals surface area contributed by atoms with Gasteiger partial charge in [0.1, 0.15) is 16.9 Å². The fourth-order valence-corrected chi connectivity index (χ4v) is 4.50. The van der Waals surface area contributed by atoms with Crippen LogP contribution in [-0.4, -0.2) is 38.7 Å². The molecule has 6 nitrogen and oxygen atoms in total. The molecule has 0 aliphatic carbocycles. The summed E-state index contributed by atoms with van der Waals surface area (Å²) < 4.78 is 4.20. The average molecular weight is 428 g/mol. The van der Waals surface area contributed by atoms with E-state index in [4.69, 9.17) is 9.97 Å². The number of para-hydroxylation sites is 3. The van der Waals surface area contributed by atoms with Gasteiger partial charge in [-0.15, -0.1) is 0 Å². The average Bonchev–Trinajstić information content (AvgIpc) is 3.36. The summed E-state index contributed by atoms with van der Waals surface area (Å²) in [4.78, 5) is 18.7. The van der Waals surface area contributed by atoms with Gasteiger partial charge in [-0.25, -0.2) is 9.97 Å². The highest BCUT2D eigenvalue weighted by Crippen LogP contribution is 2.34. The highest BCUT2D eigenvalue weighted by Gasteiger charge is 2.21. The number of hydrogen-bond acceptors (Lipinski definition) is 4. The number of aromatic nitrogens is 4. The van der Waals surface area contributed by atoms with Gasteiger partial charge in [0.2, 0.25) is 0 Å². The minimum absolute atomic E-state index is 0.713. The molecule has 0 aliphatic heterocycles. The molecule has 0 fully saturated rings. The Balaban J connectivity index is 1.82. The number of fused-ring (bicyclic) bond motifs is 6. The SMILES string of the molecule is C=N/C=C\C(=NC)n1c2ccccc2c2nc3c4ccccc4n(-c4ccccc4)c3nc21. The van der Waals surface area contributed by atoms with Gasteiger partial charge in [-0.05, 0) is 37.1 Å². The summed E-state index contributed by atoms with van der Waals surface area (Å²) in [6.45, 7) is 3.55. The van der Waals surface area contributed by atoms with E-state index in [2.05, 4.69) is 57.7 Å². The Morgan fingerprint density at radius 1 is 0.788 bits per heavy atom. The first-order valence-electron chi connectivity index (χ1n) is 10.7. The number of hydrogen-bond donors (Lipinski definition) is 0. The summed E-state index contributed by atoms with van der Waals surface area (Å²) in [5.41, 5.74) is 6.38. The molecule has 0 atom stereocenters. The highest BCUT2D eigenvalue weighted by molar-refractivity contribution is 6.16. The summed E-state index contributed by atoms with van der Waals surface area (Å²) in [5, 5.41) is 2.10. The third kappa shape index (κ3) is 2.81. The van der Waals surface area contributed by atoms with E-state index in [0.29, 0.717) is 5.84 Å². The second kappa shape index (κ2) is 7.53. The van der Waals surface area contributed by atoms with Crippen molar-refractivity contribution >= 4 is 56.7 Å². The van der Waals surface area contributed by atoms with Crippen molar-refractivity contribution in [3.8, 4) is 5.69 Å². The van der Waals surface area contributed by atoms with Crippen LogP contribution in [0.4, 0.5) is 0 Å². The predicted octanol–water partition coefficient (Wildman–Crippen LogP) is 5.77. The first-order valence-corrected chi connectivity index (χ1v) is 10.7. The van der Waals surface area contributed by atoms with Crippen LogP contribution in [0.25, 0.3) is 49.8 Å². The van der Waals surface area contributed by atoms with Crippen LogP contribution in [0.15, 0.2) is 101 Å². The van der Waals surface area contributed by atoms with Gasteiger partial charge >= 0.3 is 0 Å². The van der Waals surface area contributed by atoms with Gasteiger partial charge in [-0.2, -0.15) is 0 Å². The topological polar surface area (TPSA) is 60.4 Å². The zero-order chi connectivity index (χ0) is 22.4. The lowest BCUT2D eigenvalue weighted by atomic mass is 10.2. The minimum Gasteiger partial charge on any atom is -0.292 e. The summed E-state index contributed by atoms with van der Waals surface area (Å²) in [5.74, 6) is 0.713. The van der Waals surface area contributed by atoms with Crippen molar-refractivity contribution in [2.45, 2.75) is 0 Å². The maximum absolute atomic E-state index is 5.21. The molecule has 6 rings (SSSR count). The quantitative estimate of drug-likeness (QED) is 0.265. The molecule has 3 aromatic heterocycles. The summed E-state index contributed by atoms with van der Waals surface area (Å²) in [7, 11) is 1.76. The second-order valence-electron chi connectivity index (χ2n) is 7.69. The van der Waals surface area contributed by atoms with Crippen molar-refractivity contribution in [3.63, 3.8) is 0 Å². The standard InChI is InChI=1S/C27H20N6/c1-28-17-16-23(29-2)33-22-15-9-7-13-20(22)25-27(33)31-26-24(30-25)19-12-6-8-14-21(19)32(26)18-10-4-3-5-11-18/h3-17H,1H2,2H3/b17-16-,29-23?. The normalized spacial score (nSPS) is 12.6. The van der Waals surface area contributed by atoms with Crippen molar-refractivity contribution in [3.05, 3.63) is 91.1 Å². The Labute approximate surface area is 189 Å². The Morgan fingerprint density at radius 3 is 2.15 bits per heavy atom. The number of allylic oxidation sites excluding steroid dienone is 1. The molecule has 3 heterocycles. The Morgan fingerprint density at radius 2 is 1.42 bits per heavy atom. The van der Waals surface area contributed by atoms with Crippen molar-refractivity contribution < 1.29 is 0 Å². The molecule has 0 saturated heterocycles. The molecule has 0 aliphatic rings. The lowest BCUT2D eigenvalue weighted by molar-refractivity contribution is 1.12. The van der Waals surface area contributed by atoms with Gasteiger partial charge in [0.15, 0.2) is 11.3 Å². The number of aliphatic imine (C=N–C) groups is 2. The maximum Gasteiger partial charge on any atom is 0.168 e. The molecule has 0 unspecified atom stereocenters. The molecule has 0 radical (unpaired) electrons. The van der Waals surface area contributed by atoms with Crippen LogP contribution in [0, 0.1) is 0 Å². The van der Waals surface area contributed by atoms with E-state index in [1.807, 2.05) is 53.1 Å². The van der Waals surface area contributed by atoms with E-state index >= 15 is 0 Å². The minimum atomic E-state index is 0.713. The molecule has 33 heavy (non-hydrogen) atoms. The molecule has 158 valence electrons. The van der Waals surface area contributed by atoms with E-state index in [9.17, 15) is 0 Å². The van der Waals surface area contributed by atoms with Gasteiger partial charge < -0.3 is 0 Å². The monoisotopic (exact) mass is 428 g/mol. The summed E-state index contributed by atoms with van der Waals surface area (Å²) in [6, 6.07) is 26.7. The fraction of sp³-hybridized carbons (Fsp3) is 0.0370. The Kier molecular flexibility index (Phi) is 4.36. The lowest BCUT2D eigenvalue weighted by Crippen LogP contribution is -2.10. The van der Waals surface area contributed by atoms with Crippen LogP contribution < -0.4 is 0 Å². The van der Waals surface area contributed by atoms with Crippen LogP contribution in [-0.2, 0) is 0 Å². The first-order chi connectivity index (χ1) is 16.3. The molecule has 0 bridgehead atoms. The van der Waals surface area contributed by atoms with Gasteiger partial charge in [0.25, 0.3) is 0 Å². The van der Waals surface area contributed by atoms with Crippen molar-refractivity contribution in [1.82, 2.24) is 19.1 Å². The first kappa shape index (κ1) is 19.1. The van der Waals surface area contributed by atoms with Gasteiger partial charge in [0, 0.05) is 29.7 Å². The summed E-state index contributed by atoms with van der Waals surface area (Å²) >= 11 is 0. The van der Waals surface area contributed by atoms with Crippen LogP contribution in [0.5, 0.6) is 0 Å². The number of benzene rings is 3. The predicted molar refractivity (Wildman–Crippen MR) is 137 cm³/mol. The smallest absolute Gasteiger partial charge is 0.168 e. The molecule has 3 aromatic carbocycles. The number of rotatable bonds is 3. The highest BCUT2D eigenvalue weighted by atomic mass is 15.2. The third-order valence-corrected chi connectivity index (χ3v) is 5.88. The molecular formula is C27H20N6. The van der Waals surface area contributed by atoms with E-state index in [1.54, 1.807) is 13.2 Å². The summed E-state index contributed by atoms with van der Waals surface area (Å²) in [6.07, 6.45) is 3.47. The van der Waals surface area contributed by atoms with Gasteiger partial charge in [-0.1, -0.05) is 54.6 Å². The Hall–Kier alpha value is -4.58. The van der Waals surface area contributed by atoms with E-state index < -0.39 is 0 Å². The van der Waals surface area contributed by atoms with Crippen LogP contribution in [0.2, 0.25) is 0 Å². The zero-order valence-electron chi connectivity index (χ0n) is 18.1. The maximum atomic E-state index is 5.21. The fourth-order valence-electron chi connectivity index (χ4n) is 4.50. The van der Waals surface area contributed by atoms with Crippen LogP contribution >= 0.6 is 0 Å². The molecule has 0 N–H and O–H groups in total. The van der Waals surface area contributed by atoms with E-state index in [-0.39, 0.29) is 0 Å². The number of nitrogens with zero attached hydrogens (tertiary/aromatic N) is 6. The molecular weight excluding hydrogens is 408 g/mol. The van der Waals surface area contributed by atoms with Crippen molar-refractivity contribution in [2.75, 3.05) is 7.05 Å². The Bertz CT molecular complexity index is 1730. The van der Waals surface area contributed by atoms with Gasteiger partial charge in [0.05, 0.1) is 11.0 Å². The zero-order valence-corrected chi connectivity index (χ0v) is 18.1. The molecule has 6 heteroatoms. The van der Waals surface area contributed by atoms with E-state index in [1.165, 1.54) is 0 Å². The largest absolute Gasteiger partial charge is 0.292 e. The van der Waals surface area contributed by atoms with E-state index in [0.717, 1.165) is 49.8 Å². The molecule has 0 amide bonds. The van der Waals surface area contributed by atoms with Crippen molar-refractivity contribution in [2.24, 2.45) is 9.98 Å².